The number of ether oxygens (including phenoxy) is 2. The molecule has 1 aromatic heterocycles. The van der Waals surface area contributed by atoms with Gasteiger partial charge in [-0.3, -0.25) is 4.79 Å². The van der Waals surface area contributed by atoms with Gasteiger partial charge in [-0.05, 0) is 36.8 Å². The van der Waals surface area contributed by atoms with Crippen LogP contribution in [-0.4, -0.2) is 19.6 Å². The molecule has 0 fully saturated rings. The van der Waals surface area contributed by atoms with Crippen molar-refractivity contribution in [1.82, 2.24) is 0 Å². The number of benzene rings is 2. The molecule has 0 radical (unpaired) electrons. The molecule has 136 valence electrons. The summed E-state index contributed by atoms with van der Waals surface area (Å²) in [4.78, 5) is 13.2. The Morgan fingerprint density at radius 2 is 2.04 bits per heavy atom. The molecule has 0 spiro atoms. The van der Waals surface area contributed by atoms with Crippen LogP contribution in [0.3, 0.4) is 0 Å². The monoisotopic (exact) mass is 389 g/mol. The van der Waals surface area contributed by atoms with E-state index in [0.29, 0.717) is 22.2 Å². The molecule has 0 unspecified atom stereocenters. The van der Waals surface area contributed by atoms with Crippen LogP contribution in [0.1, 0.15) is 29.4 Å². The largest absolute Gasteiger partial charge is 0.497 e. The number of amides is 1. The molecule has 0 aliphatic rings. The first-order valence-electron chi connectivity index (χ1n) is 8.42. The first-order chi connectivity index (χ1) is 12.6. The Kier molecular flexibility index (Phi) is 6.01. The van der Waals surface area contributed by atoms with Crippen molar-refractivity contribution in [3.05, 3.63) is 52.4 Å². The standard InChI is InChI=1S/C20H20ClNO3S/c1-3-4-10-25-15-7-5-6-13(11-15)22-20(23)19-18(21)16-9-8-14(24-2)12-17(16)26-19/h5-9,11-12H,3-4,10H2,1-2H3,(H,22,23). The quantitative estimate of drug-likeness (QED) is 0.504. The van der Waals surface area contributed by atoms with Gasteiger partial charge in [0, 0.05) is 21.8 Å². The lowest BCUT2D eigenvalue weighted by Crippen LogP contribution is -2.10. The molecule has 3 rings (SSSR count). The summed E-state index contributed by atoms with van der Waals surface area (Å²) in [6.07, 6.45) is 2.07. The van der Waals surface area contributed by atoms with Gasteiger partial charge >= 0.3 is 0 Å². The van der Waals surface area contributed by atoms with Crippen LogP contribution in [0.15, 0.2) is 42.5 Å². The molecular weight excluding hydrogens is 370 g/mol. The van der Waals surface area contributed by atoms with Crippen LogP contribution in [0.4, 0.5) is 5.69 Å². The maximum atomic E-state index is 12.7. The molecule has 0 saturated carbocycles. The average Bonchev–Trinajstić information content (AvgIpc) is 2.98. The highest BCUT2D eigenvalue weighted by molar-refractivity contribution is 7.21. The molecule has 1 amide bonds. The highest BCUT2D eigenvalue weighted by atomic mass is 35.5. The summed E-state index contributed by atoms with van der Waals surface area (Å²) in [6, 6.07) is 13.0. The number of thiophene rings is 1. The second-order valence-corrected chi connectivity index (χ2v) is 7.22. The van der Waals surface area contributed by atoms with E-state index in [0.717, 1.165) is 34.4 Å². The summed E-state index contributed by atoms with van der Waals surface area (Å²) >= 11 is 7.76. The zero-order valence-electron chi connectivity index (χ0n) is 14.7. The van der Waals surface area contributed by atoms with Gasteiger partial charge in [-0.1, -0.05) is 31.0 Å². The van der Waals surface area contributed by atoms with Crippen molar-refractivity contribution in [2.24, 2.45) is 0 Å². The summed E-state index contributed by atoms with van der Waals surface area (Å²) in [6.45, 7) is 2.78. The first-order valence-corrected chi connectivity index (χ1v) is 9.62. The van der Waals surface area contributed by atoms with Crippen molar-refractivity contribution in [1.29, 1.82) is 0 Å². The van der Waals surface area contributed by atoms with Crippen molar-refractivity contribution in [2.45, 2.75) is 19.8 Å². The number of methoxy groups -OCH3 is 1. The first kappa shape index (κ1) is 18.5. The Morgan fingerprint density at radius 1 is 1.19 bits per heavy atom. The van der Waals surface area contributed by atoms with E-state index in [1.165, 1.54) is 11.3 Å². The highest BCUT2D eigenvalue weighted by Crippen LogP contribution is 2.37. The summed E-state index contributed by atoms with van der Waals surface area (Å²) < 4.78 is 11.8. The van der Waals surface area contributed by atoms with Crippen LogP contribution in [0.2, 0.25) is 5.02 Å². The molecule has 0 saturated heterocycles. The minimum Gasteiger partial charge on any atom is -0.497 e. The maximum absolute atomic E-state index is 12.7. The van der Waals surface area contributed by atoms with Crippen molar-refractivity contribution in [2.75, 3.05) is 19.0 Å². The SMILES string of the molecule is CCCCOc1cccc(NC(=O)c2sc3cc(OC)ccc3c2Cl)c1. The Bertz CT molecular complexity index is 923. The second kappa shape index (κ2) is 8.43. The molecule has 0 atom stereocenters. The van der Waals surface area contributed by atoms with Crippen LogP contribution >= 0.6 is 22.9 Å². The molecule has 26 heavy (non-hydrogen) atoms. The van der Waals surface area contributed by atoms with Crippen LogP contribution in [0.5, 0.6) is 11.5 Å². The van der Waals surface area contributed by atoms with E-state index in [9.17, 15) is 4.79 Å². The van der Waals surface area contributed by atoms with E-state index in [1.807, 2.05) is 42.5 Å². The number of fused-ring (bicyclic) bond motifs is 1. The molecule has 0 bridgehead atoms. The van der Waals surface area contributed by atoms with E-state index in [2.05, 4.69) is 12.2 Å². The molecule has 6 heteroatoms. The fourth-order valence-corrected chi connectivity index (χ4v) is 3.95. The summed E-state index contributed by atoms with van der Waals surface area (Å²) in [5.74, 6) is 1.24. The number of unbranched alkanes of at least 4 members (excludes halogenated alkanes) is 1. The lowest BCUT2D eigenvalue weighted by molar-refractivity contribution is 0.103. The highest BCUT2D eigenvalue weighted by Gasteiger charge is 2.18. The smallest absolute Gasteiger partial charge is 0.267 e. The molecule has 3 aromatic rings. The fraction of sp³-hybridized carbons (Fsp3) is 0.250. The third kappa shape index (κ3) is 4.11. The fourth-order valence-electron chi connectivity index (χ4n) is 2.50. The maximum Gasteiger partial charge on any atom is 0.267 e. The topological polar surface area (TPSA) is 47.6 Å². The number of hydrogen-bond acceptors (Lipinski definition) is 4. The summed E-state index contributed by atoms with van der Waals surface area (Å²) in [5.41, 5.74) is 0.676. The zero-order chi connectivity index (χ0) is 18.5. The molecule has 0 aliphatic carbocycles. The lowest BCUT2D eigenvalue weighted by Gasteiger charge is -2.08. The number of anilines is 1. The van der Waals surface area contributed by atoms with E-state index in [-0.39, 0.29) is 5.91 Å². The van der Waals surface area contributed by atoms with Crippen LogP contribution in [0.25, 0.3) is 10.1 Å². The van der Waals surface area contributed by atoms with Crippen LogP contribution in [-0.2, 0) is 0 Å². The van der Waals surface area contributed by atoms with Gasteiger partial charge in [0.25, 0.3) is 5.91 Å². The molecule has 1 heterocycles. The number of carbonyl (C=O) groups excluding carboxylic acids is 1. The van der Waals surface area contributed by atoms with E-state index in [1.54, 1.807) is 7.11 Å². The molecule has 1 N–H and O–H groups in total. The molecular formula is C20H20ClNO3S. The number of carbonyl (C=O) groups is 1. The zero-order valence-corrected chi connectivity index (χ0v) is 16.2. The van der Waals surface area contributed by atoms with Crippen molar-refractivity contribution in [3.8, 4) is 11.5 Å². The van der Waals surface area contributed by atoms with Gasteiger partial charge in [-0.25, -0.2) is 0 Å². The number of hydrogen-bond donors (Lipinski definition) is 1. The van der Waals surface area contributed by atoms with Gasteiger partial charge < -0.3 is 14.8 Å². The van der Waals surface area contributed by atoms with Gasteiger partial charge in [0.2, 0.25) is 0 Å². The Labute approximate surface area is 161 Å². The van der Waals surface area contributed by atoms with Gasteiger partial charge in [0.15, 0.2) is 0 Å². The molecule has 2 aromatic carbocycles. The van der Waals surface area contributed by atoms with Crippen molar-refractivity contribution >= 4 is 44.6 Å². The summed E-state index contributed by atoms with van der Waals surface area (Å²) in [5, 5.41) is 4.20. The second-order valence-electron chi connectivity index (χ2n) is 5.79. The Balaban J connectivity index is 1.78. The Morgan fingerprint density at radius 3 is 2.81 bits per heavy atom. The molecule has 4 nitrogen and oxygen atoms in total. The van der Waals surface area contributed by atoms with E-state index >= 15 is 0 Å². The van der Waals surface area contributed by atoms with Gasteiger partial charge in [-0.2, -0.15) is 0 Å². The minimum absolute atomic E-state index is 0.235. The predicted octanol–water partition coefficient (Wildman–Crippen LogP) is 5.99. The van der Waals surface area contributed by atoms with E-state index in [4.69, 9.17) is 21.1 Å². The Hall–Kier alpha value is -2.24. The van der Waals surface area contributed by atoms with Gasteiger partial charge in [0.1, 0.15) is 16.4 Å². The average molecular weight is 390 g/mol. The van der Waals surface area contributed by atoms with Crippen LogP contribution < -0.4 is 14.8 Å². The summed E-state index contributed by atoms with van der Waals surface area (Å²) in [7, 11) is 1.61. The van der Waals surface area contributed by atoms with Gasteiger partial charge in [0.05, 0.1) is 18.7 Å². The number of halogens is 1. The van der Waals surface area contributed by atoms with E-state index < -0.39 is 0 Å². The molecule has 0 aliphatic heterocycles. The van der Waals surface area contributed by atoms with Gasteiger partial charge in [-0.15, -0.1) is 11.3 Å². The predicted molar refractivity (Wildman–Crippen MR) is 108 cm³/mol. The third-order valence-electron chi connectivity index (χ3n) is 3.90. The third-order valence-corrected chi connectivity index (χ3v) is 5.56. The minimum atomic E-state index is -0.235. The number of rotatable bonds is 7. The van der Waals surface area contributed by atoms with Crippen molar-refractivity contribution in [3.63, 3.8) is 0 Å². The van der Waals surface area contributed by atoms with Crippen LogP contribution in [0, 0.1) is 0 Å². The lowest BCUT2D eigenvalue weighted by atomic mass is 10.2. The number of nitrogens with one attached hydrogen (secondary N) is 1. The normalized spacial score (nSPS) is 10.7. The van der Waals surface area contributed by atoms with Crippen molar-refractivity contribution < 1.29 is 14.3 Å².